The number of nitrogens with zero attached hydrogens (tertiary/aromatic N) is 2. The third-order valence-corrected chi connectivity index (χ3v) is 4.21. The second-order valence-corrected chi connectivity index (χ2v) is 5.74. The monoisotopic (exact) mass is 239 g/mol. The van der Waals surface area contributed by atoms with Gasteiger partial charge in [-0.1, -0.05) is 0 Å². The largest absolute Gasteiger partial charge is 0.308 e. The number of nitrogens with one attached hydrogen (secondary N) is 1. The Morgan fingerprint density at radius 2 is 2.56 bits per heavy atom. The van der Waals surface area contributed by atoms with Crippen LogP contribution in [0.1, 0.15) is 24.8 Å². The molecule has 16 heavy (non-hydrogen) atoms. The van der Waals surface area contributed by atoms with E-state index in [0.29, 0.717) is 6.04 Å². The molecule has 0 amide bonds. The molecule has 3 nitrogen and oxygen atoms in total. The first-order valence-electron chi connectivity index (χ1n) is 6.06. The van der Waals surface area contributed by atoms with Gasteiger partial charge in [0.2, 0.25) is 0 Å². The van der Waals surface area contributed by atoms with E-state index in [4.69, 9.17) is 0 Å². The summed E-state index contributed by atoms with van der Waals surface area (Å²) >= 11 is 1.73. The number of likely N-dealkylation sites (tertiary alicyclic amines) is 1. The molecule has 4 heteroatoms. The molecule has 0 aromatic carbocycles. The Hall–Kier alpha value is -0.450. The zero-order valence-electron chi connectivity index (χ0n) is 10.1. The summed E-state index contributed by atoms with van der Waals surface area (Å²) < 4.78 is 0. The molecule has 1 aliphatic heterocycles. The highest BCUT2D eigenvalue weighted by atomic mass is 32.1. The van der Waals surface area contributed by atoms with Gasteiger partial charge >= 0.3 is 0 Å². The number of hydrogen-bond donors (Lipinski definition) is 1. The van der Waals surface area contributed by atoms with Crippen LogP contribution in [0, 0.1) is 5.92 Å². The molecule has 0 radical (unpaired) electrons. The lowest BCUT2D eigenvalue weighted by molar-refractivity contribution is 0.178. The van der Waals surface area contributed by atoms with E-state index in [-0.39, 0.29) is 0 Å². The zero-order valence-corrected chi connectivity index (χ0v) is 11.0. The number of aromatic nitrogens is 1. The maximum atomic E-state index is 4.29. The highest BCUT2D eigenvalue weighted by molar-refractivity contribution is 7.09. The van der Waals surface area contributed by atoms with Gasteiger partial charge in [-0.25, -0.2) is 4.98 Å². The van der Waals surface area contributed by atoms with Crippen LogP contribution in [0.4, 0.5) is 0 Å². The Bertz CT molecular complexity index is 299. The molecule has 2 heterocycles. The Kier molecular flexibility index (Phi) is 4.32. The summed E-state index contributed by atoms with van der Waals surface area (Å²) in [6, 6.07) is 0.589. The molecule has 2 unspecified atom stereocenters. The summed E-state index contributed by atoms with van der Waals surface area (Å²) in [7, 11) is 2.22. The number of thiazole rings is 1. The minimum absolute atomic E-state index is 0.589. The maximum Gasteiger partial charge on any atom is 0.106 e. The van der Waals surface area contributed by atoms with Gasteiger partial charge in [-0.05, 0) is 39.3 Å². The van der Waals surface area contributed by atoms with E-state index in [1.807, 2.05) is 11.6 Å². The lowest BCUT2D eigenvalue weighted by Gasteiger charge is -2.33. The van der Waals surface area contributed by atoms with Crippen LogP contribution in [0.2, 0.25) is 0 Å². The van der Waals surface area contributed by atoms with E-state index in [0.717, 1.165) is 12.5 Å². The van der Waals surface area contributed by atoms with E-state index in [1.165, 1.54) is 30.9 Å². The fourth-order valence-corrected chi connectivity index (χ4v) is 2.94. The first-order valence-corrected chi connectivity index (χ1v) is 6.94. The normalized spacial score (nSPS) is 24.5. The molecule has 1 aromatic rings. The fraction of sp³-hybridized carbons (Fsp3) is 0.750. The van der Waals surface area contributed by atoms with Crippen LogP contribution in [-0.2, 0) is 6.54 Å². The highest BCUT2D eigenvalue weighted by Gasteiger charge is 2.22. The van der Waals surface area contributed by atoms with Crippen molar-refractivity contribution in [2.24, 2.45) is 5.92 Å². The van der Waals surface area contributed by atoms with Crippen LogP contribution in [0.15, 0.2) is 11.6 Å². The molecule has 1 N–H and O–H groups in total. The predicted molar refractivity (Wildman–Crippen MR) is 68.6 cm³/mol. The van der Waals surface area contributed by atoms with Gasteiger partial charge in [0.15, 0.2) is 0 Å². The smallest absolute Gasteiger partial charge is 0.106 e. The van der Waals surface area contributed by atoms with Crippen molar-refractivity contribution < 1.29 is 0 Å². The van der Waals surface area contributed by atoms with E-state index in [1.54, 1.807) is 11.3 Å². The van der Waals surface area contributed by atoms with Crippen LogP contribution in [-0.4, -0.2) is 36.1 Å². The van der Waals surface area contributed by atoms with E-state index in [9.17, 15) is 0 Å². The number of piperidine rings is 1. The van der Waals surface area contributed by atoms with Crippen molar-refractivity contribution in [1.82, 2.24) is 15.2 Å². The molecule has 1 saturated heterocycles. The SMILES string of the molecule is CC(NCc1nccs1)C1CCCN(C)C1. The Morgan fingerprint density at radius 1 is 1.69 bits per heavy atom. The fourth-order valence-electron chi connectivity index (χ4n) is 2.37. The summed E-state index contributed by atoms with van der Waals surface area (Å²) in [6.07, 6.45) is 4.57. The second kappa shape index (κ2) is 5.75. The lowest BCUT2D eigenvalue weighted by atomic mass is 9.92. The molecule has 1 fully saturated rings. The maximum absolute atomic E-state index is 4.29. The van der Waals surface area contributed by atoms with Crippen LogP contribution in [0.25, 0.3) is 0 Å². The van der Waals surface area contributed by atoms with Gasteiger partial charge in [0.1, 0.15) is 5.01 Å². The molecule has 2 atom stereocenters. The van der Waals surface area contributed by atoms with Crippen molar-refractivity contribution in [2.45, 2.75) is 32.4 Å². The highest BCUT2D eigenvalue weighted by Crippen LogP contribution is 2.18. The standard InChI is InChI=1S/C12H21N3S/c1-10(11-4-3-6-15(2)9-11)14-8-12-13-5-7-16-12/h5,7,10-11,14H,3-4,6,8-9H2,1-2H3. The van der Waals surface area contributed by atoms with Gasteiger partial charge < -0.3 is 10.2 Å². The number of rotatable bonds is 4. The molecule has 0 aliphatic carbocycles. The van der Waals surface area contributed by atoms with Crippen LogP contribution < -0.4 is 5.32 Å². The van der Waals surface area contributed by atoms with Crippen molar-refractivity contribution in [3.63, 3.8) is 0 Å². The van der Waals surface area contributed by atoms with Crippen molar-refractivity contribution in [3.05, 3.63) is 16.6 Å². The van der Waals surface area contributed by atoms with Gasteiger partial charge in [0.25, 0.3) is 0 Å². The molecule has 0 saturated carbocycles. The quantitative estimate of drug-likeness (QED) is 0.870. The minimum atomic E-state index is 0.589. The number of hydrogen-bond acceptors (Lipinski definition) is 4. The van der Waals surface area contributed by atoms with Crippen molar-refractivity contribution in [1.29, 1.82) is 0 Å². The van der Waals surface area contributed by atoms with E-state index >= 15 is 0 Å². The molecule has 1 aliphatic rings. The molecule has 2 rings (SSSR count). The van der Waals surface area contributed by atoms with E-state index < -0.39 is 0 Å². The Labute approximate surface area is 102 Å². The van der Waals surface area contributed by atoms with Gasteiger partial charge in [-0.2, -0.15) is 0 Å². The lowest BCUT2D eigenvalue weighted by Crippen LogP contribution is -2.42. The van der Waals surface area contributed by atoms with Gasteiger partial charge in [-0.3, -0.25) is 0 Å². The van der Waals surface area contributed by atoms with Gasteiger partial charge in [-0.15, -0.1) is 11.3 Å². The molecule has 1 aromatic heterocycles. The third kappa shape index (κ3) is 3.27. The minimum Gasteiger partial charge on any atom is -0.308 e. The van der Waals surface area contributed by atoms with Gasteiger partial charge in [0, 0.05) is 30.7 Å². The summed E-state index contributed by atoms with van der Waals surface area (Å²) in [6.45, 7) is 5.71. The van der Waals surface area contributed by atoms with Crippen molar-refractivity contribution in [2.75, 3.05) is 20.1 Å². The first kappa shape index (κ1) is 12.0. The second-order valence-electron chi connectivity index (χ2n) is 4.76. The summed E-state index contributed by atoms with van der Waals surface area (Å²) in [5, 5.41) is 6.83. The third-order valence-electron chi connectivity index (χ3n) is 3.43. The Morgan fingerprint density at radius 3 is 3.25 bits per heavy atom. The zero-order chi connectivity index (χ0) is 11.4. The average molecular weight is 239 g/mol. The average Bonchev–Trinajstić information content (AvgIpc) is 2.78. The predicted octanol–water partition coefficient (Wildman–Crippen LogP) is 1.96. The molecule has 0 bridgehead atoms. The van der Waals surface area contributed by atoms with Crippen LogP contribution >= 0.6 is 11.3 Å². The first-order chi connectivity index (χ1) is 7.75. The Balaban J connectivity index is 1.76. The van der Waals surface area contributed by atoms with Gasteiger partial charge in [0.05, 0.1) is 0 Å². The topological polar surface area (TPSA) is 28.2 Å². The van der Waals surface area contributed by atoms with Crippen molar-refractivity contribution >= 4 is 11.3 Å². The summed E-state index contributed by atoms with van der Waals surface area (Å²) in [5.74, 6) is 0.790. The van der Waals surface area contributed by atoms with Crippen molar-refractivity contribution in [3.8, 4) is 0 Å². The van der Waals surface area contributed by atoms with Crippen LogP contribution in [0.5, 0.6) is 0 Å². The summed E-state index contributed by atoms with van der Waals surface area (Å²) in [4.78, 5) is 6.73. The van der Waals surface area contributed by atoms with Crippen LogP contribution in [0.3, 0.4) is 0 Å². The van der Waals surface area contributed by atoms with E-state index in [2.05, 4.69) is 29.2 Å². The summed E-state index contributed by atoms with van der Waals surface area (Å²) in [5.41, 5.74) is 0. The molecule has 90 valence electrons. The molecule has 0 spiro atoms. The molecular weight excluding hydrogens is 218 g/mol. The molecular formula is C12H21N3S.